The second-order valence-electron chi connectivity index (χ2n) is 4.05. The summed E-state index contributed by atoms with van der Waals surface area (Å²) < 4.78 is 0.632. The molecule has 5 nitrogen and oxygen atoms in total. The molecule has 1 unspecified atom stereocenters. The van der Waals surface area contributed by atoms with Gasteiger partial charge in [-0.3, -0.25) is 9.59 Å². The fourth-order valence-corrected chi connectivity index (χ4v) is 2.15. The normalized spacial score (nSPS) is 11.9. The monoisotopic (exact) mass is 348 g/mol. The molecule has 0 aliphatic carbocycles. The van der Waals surface area contributed by atoms with E-state index in [1.54, 1.807) is 6.07 Å². The van der Waals surface area contributed by atoms with Crippen molar-refractivity contribution in [3.63, 3.8) is 0 Å². The molecule has 0 fully saturated rings. The van der Waals surface area contributed by atoms with Gasteiger partial charge in [0.1, 0.15) is 5.15 Å². The van der Waals surface area contributed by atoms with Crippen LogP contribution in [0.1, 0.15) is 36.5 Å². The maximum absolute atomic E-state index is 12.0. The number of carbonyl (C=O) groups excluding carboxylic acids is 1. The first-order chi connectivity index (χ1) is 8.93. The van der Waals surface area contributed by atoms with E-state index in [1.807, 2.05) is 6.92 Å². The SMILES string of the molecule is CCCC(CC(=O)O)NC(=O)c1cc(Br)cnc1Cl. The largest absolute Gasteiger partial charge is 0.481 e. The summed E-state index contributed by atoms with van der Waals surface area (Å²) in [5.74, 6) is -1.37. The summed E-state index contributed by atoms with van der Waals surface area (Å²) >= 11 is 9.05. The Morgan fingerprint density at radius 1 is 1.58 bits per heavy atom. The molecule has 7 heteroatoms. The van der Waals surface area contributed by atoms with Crippen molar-refractivity contribution in [2.24, 2.45) is 0 Å². The van der Waals surface area contributed by atoms with E-state index in [4.69, 9.17) is 16.7 Å². The van der Waals surface area contributed by atoms with Gasteiger partial charge in [0.25, 0.3) is 5.91 Å². The Labute approximate surface area is 124 Å². The topological polar surface area (TPSA) is 79.3 Å². The Morgan fingerprint density at radius 3 is 2.84 bits per heavy atom. The molecule has 0 spiro atoms. The number of carboxylic acids is 1. The van der Waals surface area contributed by atoms with Crippen molar-refractivity contribution >= 4 is 39.4 Å². The standard InChI is InChI=1S/C12H14BrClN2O3/c1-2-3-8(5-10(17)18)16-12(19)9-4-7(13)6-15-11(9)14/h4,6,8H,2-3,5H2,1H3,(H,16,19)(H,17,18). The molecule has 0 aliphatic rings. The minimum atomic E-state index is -0.947. The van der Waals surface area contributed by atoms with Gasteiger partial charge in [-0.15, -0.1) is 0 Å². The Balaban J connectivity index is 2.81. The summed E-state index contributed by atoms with van der Waals surface area (Å²) in [7, 11) is 0. The predicted octanol–water partition coefficient (Wildman–Crippen LogP) is 2.87. The third-order valence-corrected chi connectivity index (χ3v) is 3.18. The van der Waals surface area contributed by atoms with Crippen LogP contribution in [0.15, 0.2) is 16.7 Å². The zero-order valence-corrected chi connectivity index (χ0v) is 12.7. The molecule has 0 aromatic carbocycles. The van der Waals surface area contributed by atoms with Crippen molar-refractivity contribution in [2.75, 3.05) is 0 Å². The number of aromatic nitrogens is 1. The molecule has 1 amide bonds. The number of pyridine rings is 1. The summed E-state index contributed by atoms with van der Waals surface area (Å²) in [5, 5.41) is 11.6. The number of carboxylic acid groups (broad SMARTS) is 1. The molecule has 104 valence electrons. The Kier molecular flexibility index (Phi) is 6.24. The number of amides is 1. The van der Waals surface area contributed by atoms with Crippen LogP contribution < -0.4 is 5.32 Å². The number of nitrogens with zero attached hydrogens (tertiary/aromatic N) is 1. The van der Waals surface area contributed by atoms with Gasteiger partial charge in [-0.2, -0.15) is 0 Å². The van der Waals surface area contributed by atoms with Crippen LogP contribution in [0.5, 0.6) is 0 Å². The van der Waals surface area contributed by atoms with Crippen molar-refractivity contribution in [3.05, 3.63) is 27.5 Å². The number of hydrogen-bond donors (Lipinski definition) is 2. The molecule has 0 saturated heterocycles. The van der Waals surface area contributed by atoms with Crippen molar-refractivity contribution in [1.29, 1.82) is 0 Å². The van der Waals surface area contributed by atoms with Crippen molar-refractivity contribution in [3.8, 4) is 0 Å². The molecule has 2 N–H and O–H groups in total. The quantitative estimate of drug-likeness (QED) is 0.774. The van der Waals surface area contributed by atoms with Crippen LogP contribution in [0, 0.1) is 0 Å². The van der Waals surface area contributed by atoms with Gasteiger partial charge in [0.15, 0.2) is 0 Å². The van der Waals surface area contributed by atoms with E-state index in [0.717, 1.165) is 6.42 Å². The summed E-state index contributed by atoms with van der Waals surface area (Å²) in [6, 6.07) is 1.14. The highest BCUT2D eigenvalue weighted by Crippen LogP contribution is 2.18. The van der Waals surface area contributed by atoms with E-state index in [1.165, 1.54) is 6.20 Å². The first-order valence-electron chi connectivity index (χ1n) is 5.77. The number of carbonyl (C=O) groups is 2. The average Bonchev–Trinajstić information content (AvgIpc) is 2.31. The van der Waals surface area contributed by atoms with Gasteiger partial charge in [-0.1, -0.05) is 24.9 Å². The molecule has 0 bridgehead atoms. The van der Waals surface area contributed by atoms with Gasteiger partial charge < -0.3 is 10.4 Å². The summed E-state index contributed by atoms with van der Waals surface area (Å²) in [5.41, 5.74) is 0.225. The van der Waals surface area contributed by atoms with Crippen LogP contribution in [-0.2, 0) is 4.79 Å². The lowest BCUT2D eigenvalue weighted by Gasteiger charge is -2.16. The third kappa shape index (κ3) is 5.16. The van der Waals surface area contributed by atoms with Gasteiger partial charge >= 0.3 is 5.97 Å². The van der Waals surface area contributed by atoms with E-state index >= 15 is 0 Å². The zero-order valence-electron chi connectivity index (χ0n) is 10.3. The van der Waals surface area contributed by atoms with Crippen LogP contribution >= 0.6 is 27.5 Å². The van der Waals surface area contributed by atoms with Gasteiger partial charge in [-0.25, -0.2) is 4.98 Å². The Hall–Kier alpha value is -1.14. The van der Waals surface area contributed by atoms with Crippen LogP contribution in [0.2, 0.25) is 5.15 Å². The molecule has 0 radical (unpaired) electrons. The van der Waals surface area contributed by atoms with Gasteiger partial charge in [0, 0.05) is 16.7 Å². The summed E-state index contributed by atoms with van der Waals surface area (Å²) in [6.07, 6.45) is 2.75. The maximum Gasteiger partial charge on any atom is 0.305 e. The fourth-order valence-electron chi connectivity index (χ4n) is 1.63. The van der Waals surface area contributed by atoms with Crippen LogP contribution in [0.3, 0.4) is 0 Å². The maximum atomic E-state index is 12.0. The summed E-state index contributed by atoms with van der Waals surface area (Å²) in [4.78, 5) is 26.6. The first-order valence-corrected chi connectivity index (χ1v) is 6.94. The molecular weight excluding hydrogens is 336 g/mol. The van der Waals surface area contributed by atoms with E-state index < -0.39 is 17.9 Å². The van der Waals surface area contributed by atoms with Gasteiger partial charge in [0.2, 0.25) is 0 Å². The van der Waals surface area contributed by atoms with Crippen molar-refractivity contribution in [1.82, 2.24) is 10.3 Å². The van der Waals surface area contributed by atoms with Gasteiger partial charge in [0.05, 0.1) is 12.0 Å². The number of halogens is 2. The molecule has 1 aromatic rings. The van der Waals surface area contributed by atoms with Gasteiger partial charge in [-0.05, 0) is 28.4 Å². The minimum absolute atomic E-state index is 0.0891. The lowest BCUT2D eigenvalue weighted by molar-refractivity contribution is -0.137. The lowest BCUT2D eigenvalue weighted by Crippen LogP contribution is -2.36. The van der Waals surface area contributed by atoms with E-state index in [-0.39, 0.29) is 17.1 Å². The van der Waals surface area contributed by atoms with Crippen LogP contribution in [-0.4, -0.2) is 28.0 Å². The first kappa shape index (κ1) is 15.9. The summed E-state index contributed by atoms with van der Waals surface area (Å²) in [6.45, 7) is 1.93. The highest BCUT2D eigenvalue weighted by molar-refractivity contribution is 9.10. The molecule has 1 rings (SSSR count). The predicted molar refractivity (Wildman–Crippen MR) is 75.4 cm³/mol. The lowest BCUT2D eigenvalue weighted by atomic mass is 10.1. The third-order valence-electron chi connectivity index (χ3n) is 2.44. The Morgan fingerprint density at radius 2 is 2.26 bits per heavy atom. The molecule has 1 aromatic heterocycles. The minimum Gasteiger partial charge on any atom is -0.481 e. The highest BCUT2D eigenvalue weighted by atomic mass is 79.9. The molecule has 1 atom stereocenters. The second-order valence-corrected chi connectivity index (χ2v) is 5.32. The van der Waals surface area contributed by atoms with Crippen LogP contribution in [0.4, 0.5) is 0 Å². The van der Waals surface area contributed by atoms with E-state index in [2.05, 4.69) is 26.2 Å². The fraction of sp³-hybridized carbons (Fsp3) is 0.417. The van der Waals surface area contributed by atoms with Crippen molar-refractivity contribution in [2.45, 2.75) is 32.2 Å². The molecule has 19 heavy (non-hydrogen) atoms. The molecule has 0 aliphatic heterocycles. The van der Waals surface area contributed by atoms with Crippen LogP contribution in [0.25, 0.3) is 0 Å². The second kappa shape index (κ2) is 7.45. The average molecular weight is 350 g/mol. The van der Waals surface area contributed by atoms with E-state index in [9.17, 15) is 9.59 Å². The highest BCUT2D eigenvalue weighted by Gasteiger charge is 2.18. The van der Waals surface area contributed by atoms with Crippen molar-refractivity contribution < 1.29 is 14.7 Å². The number of nitrogens with one attached hydrogen (secondary N) is 1. The smallest absolute Gasteiger partial charge is 0.305 e. The zero-order chi connectivity index (χ0) is 14.4. The number of aliphatic carboxylic acids is 1. The Bertz CT molecular complexity index is 482. The molecule has 1 heterocycles. The number of hydrogen-bond acceptors (Lipinski definition) is 3. The molecule has 0 saturated carbocycles. The molecular formula is C12H14BrClN2O3. The van der Waals surface area contributed by atoms with E-state index in [0.29, 0.717) is 10.9 Å². The number of rotatable bonds is 6.